The number of nitrogens with one attached hydrogen (secondary N) is 1. The van der Waals surface area contributed by atoms with Gasteiger partial charge in [0.15, 0.2) is 0 Å². The average Bonchev–Trinajstić information content (AvgIpc) is 2.71. The largest absolute Gasteiger partial charge is 0.374 e. The molecular formula is C14H27NO. The number of hydrogen-bond acceptors (Lipinski definition) is 2. The van der Waals surface area contributed by atoms with E-state index in [1.54, 1.807) is 0 Å². The van der Waals surface area contributed by atoms with Gasteiger partial charge in [-0.2, -0.15) is 0 Å². The lowest BCUT2D eigenvalue weighted by Crippen LogP contribution is -2.48. The molecule has 0 aromatic rings. The maximum atomic E-state index is 5.94. The molecule has 1 aliphatic rings. The first-order valence-corrected chi connectivity index (χ1v) is 6.71. The summed E-state index contributed by atoms with van der Waals surface area (Å²) in [6, 6.07) is 0.509. The van der Waals surface area contributed by atoms with Crippen LogP contribution in [0.15, 0.2) is 12.7 Å². The van der Waals surface area contributed by atoms with Crippen molar-refractivity contribution in [3.05, 3.63) is 12.7 Å². The van der Waals surface area contributed by atoms with Crippen LogP contribution < -0.4 is 5.32 Å². The molecule has 0 aromatic carbocycles. The second kappa shape index (κ2) is 7.08. The summed E-state index contributed by atoms with van der Waals surface area (Å²) in [5.74, 6) is 0. The molecule has 2 atom stereocenters. The number of hydrogen-bond donors (Lipinski definition) is 1. The first-order valence-electron chi connectivity index (χ1n) is 6.71. The van der Waals surface area contributed by atoms with Gasteiger partial charge in [0, 0.05) is 12.6 Å². The van der Waals surface area contributed by atoms with Gasteiger partial charge in [0.2, 0.25) is 0 Å². The van der Waals surface area contributed by atoms with Crippen molar-refractivity contribution in [3.63, 3.8) is 0 Å². The van der Waals surface area contributed by atoms with Gasteiger partial charge in [-0.25, -0.2) is 0 Å². The van der Waals surface area contributed by atoms with Crippen LogP contribution in [-0.2, 0) is 4.74 Å². The zero-order valence-corrected chi connectivity index (χ0v) is 10.9. The Morgan fingerprint density at radius 2 is 2.38 bits per heavy atom. The van der Waals surface area contributed by atoms with E-state index in [1.807, 2.05) is 6.08 Å². The number of unbranched alkanes of at least 4 members (excludes halogenated alkanes) is 1. The van der Waals surface area contributed by atoms with Crippen molar-refractivity contribution >= 4 is 0 Å². The summed E-state index contributed by atoms with van der Waals surface area (Å²) >= 11 is 0. The fraction of sp³-hybridized carbons (Fsp3) is 0.857. The van der Waals surface area contributed by atoms with Crippen molar-refractivity contribution in [2.75, 3.05) is 13.2 Å². The van der Waals surface area contributed by atoms with E-state index in [2.05, 4.69) is 25.7 Å². The quantitative estimate of drug-likeness (QED) is 0.505. The van der Waals surface area contributed by atoms with E-state index in [0.717, 1.165) is 19.6 Å². The lowest BCUT2D eigenvalue weighted by molar-refractivity contribution is -0.0142. The first-order chi connectivity index (χ1) is 7.73. The summed E-state index contributed by atoms with van der Waals surface area (Å²) in [7, 11) is 0. The highest BCUT2D eigenvalue weighted by molar-refractivity contribution is 4.92. The van der Waals surface area contributed by atoms with E-state index in [-0.39, 0.29) is 5.60 Å². The molecule has 0 saturated carbocycles. The van der Waals surface area contributed by atoms with Crippen molar-refractivity contribution in [3.8, 4) is 0 Å². The molecule has 0 aliphatic carbocycles. The molecule has 16 heavy (non-hydrogen) atoms. The van der Waals surface area contributed by atoms with Crippen molar-refractivity contribution in [1.82, 2.24) is 5.32 Å². The smallest absolute Gasteiger partial charge is 0.0807 e. The minimum Gasteiger partial charge on any atom is -0.374 e. The van der Waals surface area contributed by atoms with E-state index in [1.165, 1.54) is 32.1 Å². The van der Waals surface area contributed by atoms with E-state index < -0.39 is 0 Å². The molecule has 1 rings (SSSR count). The highest BCUT2D eigenvalue weighted by atomic mass is 16.5. The summed E-state index contributed by atoms with van der Waals surface area (Å²) < 4.78 is 5.94. The monoisotopic (exact) mass is 225 g/mol. The molecule has 1 N–H and O–H groups in total. The Balaban J connectivity index is 2.44. The van der Waals surface area contributed by atoms with Crippen LogP contribution in [0.4, 0.5) is 0 Å². The van der Waals surface area contributed by atoms with Gasteiger partial charge in [0.05, 0.1) is 5.60 Å². The zero-order valence-electron chi connectivity index (χ0n) is 10.9. The second-order valence-corrected chi connectivity index (χ2v) is 4.99. The third kappa shape index (κ3) is 3.91. The fourth-order valence-electron chi connectivity index (χ4n) is 2.48. The maximum Gasteiger partial charge on any atom is 0.0807 e. The minimum atomic E-state index is 0.0658. The molecule has 0 spiro atoms. The van der Waals surface area contributed by atoms with Gasteiger partial charge in [0.1, 0.15) is 0 Å². The third-order valence-corrected chi connectivity index (χ3v) is 3.53. The standard InChI is InChI=1S/C14H27NO/c1-4-6-7-9-13(15-11-5-2)14(3)10-8-12-16-14/h4,13,15H,1,5-12H2,2-3H3. The molecule has 0 aromatic heterocycles. The lowest BCUT2D eigenvalue weighted by Gasteiger charge is -2.34. The zero-order chi connectivity index (χ0) is 11.9. The molecular weight excluding hydrogens is 198 g/mol. The number of ether oxygens (including phenoxy) is 1. The van der Waals surface area contributed by atoms with Crippen LogP contribution >= 0.6 is 0 Å². The Hall–Kier alpha value is -0.340. The summed E-state index contributed by atoms with van der Waals surface area (Å²) in [4.78, 5) is 0. The predicted octanol–water partition coefficient (Wildman–Crippen LogP) is 3.28. The topological polar surface area (TPSA) is 21.3 Å². The van der Waals surface area contributed by atoms with Crippen molar-refractivity contribution in [2.24, 2.45) is 0 Å². The highest BCUT2D eigenvalue weighted by Gasteiger charge is 2.37. The molecule has 1 aliphatic heterocycles. The van der Waals surface area contributed by atoms with Gasteiger partial charge in [-0.05, 0) is 52.0 Å². The Labute approximate surface area is 100 Å². The van der Waals surface area contributed by atoms with Gasteiger partial charge in [0.25, 0.3) is 0 Å². The lowest BCUT2D eigenvalue weighted by atomic mass is 9.89. The van der Waals surface area contributed by atoms with Gasteiger partial charge in [-0.1, -0.05) is 13.0 Å². The fourth-order valence-corrected chi connectivity index (χ4v) is 2.48. The van der Waals surface area contributed by atoms with Gasteiger partial charge >= 0.3 is 0 Å². The summed E-state index contributed by atoms with van der Waals surface area (Å²) in [5.41, 5.74) is 0.0658. The van der Waals surface area contributed by atoms with Crippen LogP contribution in [0.2, 0.25) is 0 Å². The summed E-state index contributed by atoms with van der Waals surface area (Å²) in [6.45, 7) is 10.3. The van der Waals surface area contributed by atoms with E-state index >= 15 is 0 Å². The van der Waals surface area contributed by atoms with Crippen LogP contribution in [0.5, 0.6) is 0 Å². The minimum absolute atomic E-state index is 0.0658. The molecule has 0 amide bonds. The van der Waals surface area contributed by atoms with Gasteiger partial charge in [-0.3, -0.25) is 0 Å². The molecule has 1 heterocycles. The molecule has 1 saturated heterocycles. The van der Waals surface area contributed by atoms with Crippen LogP contribution in [-0.4, -0.2) is 24.8 Å². The third-order valence-electron chi connectivity index (χ3n) is 3.53. The predicted molar refractivity (Wildman–Crippen MR) is 69.7 cm³/mol. The van der Waals surface area contributed by atoms with E-state index in [9.17, 15) is 0 Å². The molecule has 0 radical (unpaired) electrons. The van der Waals surface area contributed by atoms with Crippen molar-refractivity contribution in [2.45, 2.75) is 64.0 Å². The molecule has 0 bridgehead atoms. The molecule has 2 heteroatoms. The van der Waals surface area contributed by atoms with Crippen LogP contribution in [0.25, 0.3) is 0 Å². The number of rotatable bonds is 8. The molecule has 1 fully saturated rings. The van der Waals surface area contributed by atoms with Crippen LogP contribution in [0, 0.1) is 0 Å². The molecule has 94 valence electrons. The second-order valence-electron chi connectivity index (χ2n) is 4.99. The van der Waals surface area contributed by atoms with E-state index in [0.29, 0.717) is 6.04 Å². The Bertz CT molecular complexity index is 197. The Kier molecular flexibility index (Phi) is 6.07. The Morgan fingerprint density at radius 1 is 1.56 bits per heavy atom. The van der Waals surface area contributed by atoms with Gasteiger partial charge < -0.3 is 10.1 Å². The van der Waals surface area contributed by atoms with E-state index in [4.69, 9.17) is 4.74 Å². The Morgan fingerprint density at radius 3 is 2.94 bits per heavy atom. The maximum absolute atomic E-state index is 5.94. The summed E-state index contributed by atoms with van der Waals surface area (Å²) in [5, 5.41) is 3.65. The van der Waals surface area contributed by atoms with Gasteiger partial charge in [-0.15, -0.1) is 6.58 Å². The SMILES string of the molecule is C=CCCCC(NCCC)C1(C)CCCO1. The van der Waals surface area contributed by atoms with Crippen LogP contribution in [0.1, 0.15) is 52.4 Å². The number of allylic oxidation sites excluding steroid dienone is 1. The average molecular weight is 225 g/mol. The van der Waals surface area contributed by atoms with Crippen molar-refractivity contribution in [1.29, 1.82) is 0 Å². The highest BCUT2D eigenvalue weighted by Crippen LogP contribution is 2.31. The van der Waals surface area contributed by atoms with Crippen molar-refractivity contribution < 1.29 is 4.74 Å². The molecule has 2 unspecified atom stereocenters. The normalized spacial score (nSPS) is 26.9. The summed E-state index contributed by atoms with van der Waals surface area (Å²) in [6.07, 6.45) is 9.13. The first kappa shape index (κ1) is 13.7. The van der Waals surface area contributed by atoms with Crippen LogP contribution in [0.3, 0.4) is 0 Å². The molecule has 2 nitrogen and oxygen atoms in total.